The van der Waals surface area contributed by atoms with E-state index in [4.69, 9.17) is 9.52 Å². The minimum Gasteiger partial charge on any atom is -0.480 e. The highest BCUT2D eigenvalue weighted by molar-refractivity contribution is 5.93. The number of aryl methyl sites for hydroxylation is 1. The number of amides is 2. The molecule has 0 atom stereocenters. The van der Waals surface area contributed by atoms with Crippen molar-refractivity contribution < 1.29 is 19.1 Å². The van der Waals surface area contributed by atoms with Crippen molar-refractivity contribution >= 4 is 28.7 Å². The number of carboxylic acids is 1. The number of benzene rings is 1. The number of anilines is 1. The zero-order chi connectivity index (χ0) is 17.1. The Morgan fingerprint density at radius 1 is 1.33 bits per heavy atom. The van der Waals surface area contributed by atoms with Crippen LogP contribution < -0.4 is 10.6 Å². The lowest BCUT2D eigenvalue weighted by atomic mass is 10.1. The van der Waals surface area contributed by atoms with Crippen LogP contribution in [0, 0.1) is 6.92 Å². The van der Waals surface area contributed by atoms with Crippen molar-refractivity contribution in [3.8, 4) is 0 Å². The average molecular weight is 331 g/mol. The molecule has 0 aliphatic carbocycles. The van der Waals surface area contributed by atoms with Crippen LogP contribution >= 0.6 is 0 Å². The van der Waals surface area contributed by atoms with Gasteiger partial charge in [0.25, 0.3) is 0 Å². The topological polar surface area (TPSA) is 94.8 Å². The highest BCUT2D eigenvalue weighted by atomic mass is 16.4. The number of urea groups is 1. The Balaban J connectivity index is 1.52. The molecule has 7 heteroatoms. The van der Waals surface area contributed by atoms with Gasteiger partial charge in [0.2, 0.25) is 0 Å². The number of carbonyl (C=O) groups excluding carboxylic acids is 1. The molecule has 2 aromatic rings. The van der Waals surface area contributed by atoms with Crippen LogP contribution in [0.25, 0.3) is 11.0 Å². The molecule has 0 spiro atoms. The summed E-state index contributed by atoms with van der Waals surface area (Å²) in [6.45, 7) is 3.37. The van der Waals surface area contributed by atoms with Crippen LogP contribution in [0.15, 0.2) is 28.9 Å². The van der Waals surface area contributed by atoms with Gasteiger partial charge in [-0.15, -0.1) is 0 Å². The Morgan fingerprint density at radius 2 is 2.08 bits per heavy atom. The number of likely N-dealkylation sites (tertiary alicyclic amines) is 1. The van der Waals surface area contributed by atoms with Gasteiger partial charge >= 0.3 is 12.0 Å². The fraction of sp³-hybridized carbons (Fsp3) is 0.412. The zero-order valence-corrected chi connectivity index (χ0v) is 13.5. The summed E-state index contributed by atoms with van der Waals surface area (Å²) < 4.78 is 5.39. The molecule has 1 aromatic carbocycles. The van der Waals surface area contributed by atoms with E-state index >= 15 is 0 Å². The van der Waals surface area contributed by atoms with E-state index in [1.165, 1.54) is 0 Å². The summed E-state index contributed by atoms with van der Waals surface area (Å²) in [5, 5.41) is 15.6. The van der Waals surface area contributed by atoms with Crippen LogP contribution in [0.1, 0.15) is 18.4 Å². The van der Waals surface area contributed by atoms with Gasteiger partial charge in [0.15, 0.2) is 0 Å². The minimum atomic E-state index is -0.816. The number of carboxylic acid groups (broad SMARTS) is 1. The van der Waals surface area contributed by atoms with E-state index in [0.717, 1.165) is 29.4 Å². The SMILES string of the molecule is Cc1coc2ccc(NC(=O)NC3CCN(CC(=O)O)CC3)cc12. The molecule has 3 N–H and O–H groups in total. The van der Waals surface area contributed by atoms with E-state index in [1.54, 1.807) is 12.3 Å². The summed E-state index contributed by atoms with van der Waals surface area (Å²) in [4.78, 5) is 24.7. The molecule has 0 radical (unpaired) electrons. The molecule has 1 fully saturated rings. The Hall–Kier alpha value is -2.54. The van der Waals surface area contributed by atoms with Gasteiger partial charge in [-0.25, -0.2) is 4.79 Å². The molecule has 1 saturated heterocycles. The minimum absolute atomic E-state index is 0.0585. The van der Waals surface area contributed by atoms with Crippen molar-refractivity contribution in [3.05, 3.63) is 30.0 Å². The number of fused-ring (bicyclic) bond motifs is 1. The lowest BCUT2D eigenvalue weighted by Gasteiger charge is -2.31. The molecule has 1 aliphatic rings. The molecular formula is C17H21N3O4. The van der Waals surface area contributed by atoms with E-state index in [-0.39, 0.29) is 18.6 Å². The molecule has 0 saturated carbocycles. The van der Waals surface area contributed by atoms with Gasteiger partial charge in [0, 0.05) is 30.2 Å². The molecule has 3 rings (SSSR count). The van der Waals surface area contributed by atoms with Gasteiger partial charge in [0.05, 0.1) is 12.8 Å². The molecule has 0 bridgehead atoms. The number of hydrogen-bond donors (Lipinski definition) is 3. The maximum atomic E-state index is 12.1. The summed E-state index contributed by atoms with van der Waals surface area (Å²) >= 11 is 0. The largest absolute Gasteiger partial charge is 0.480 e. The molecule has 128 valence electrons. The summed E-state index contributed by atoms with van der Waals surface area (Å²) in [5.74, 6) is -0.816. The smallest absolute Gasteiger partial charge is 0.319 e. The number of rotatable bonds is 4. The first-order valence-electron chi connectivity index (χ1n) is 8.01. The number of carbonyl (C=O) groups is 2. The highest BCUT2D eigenvalue weighted by Gasteiger charge is 2.21. The lowest BCUT2D eigenvalue weighted by Crippen LogP contribution is -2.47. The predicted molar refractivity (Wildman–Crippen MR) is 90.2 cm³/mol. The third-order valence-electron chi connectivity index (χ3n) is 4.31. The number of nitrogens with one attached hydrogen (secondary N) is 2. The summed E-state index contributed by atoms with van der Waals surface area (Å²) in [5.41, 5.74) is 2.54. The van der Waals surface area contributed by atoms with Crippen molar-refractivity contribution in [2.75, 3.05) is 25.0 Å². The van der Waals surface area contributed by atoms with Crippen molar-refractivity contribution in [1.29, 1.82) is 0 Å². The van der Waals surface area contributed by atoms with Crippen LogP contribution in [-0.4, -0.2) is 47.7 Å². The third-order valence-corrected chi connectivity index (χ3v) is 4.31. The van der Waals surface area contributed by atoms with E-state index < -0.39 is 5.97 Å². The fourth-order valence-corrected chi connectivity index (χ4v) is 3.01. The molecule has 1 aromatic heterocycles. The number of furan rings is 1. The van der Waals surface area contributed by atoms with E-state index in [1.807, 2.05) is 24.0 Å². The Labute approximate surface area is 139 Å². The third kappa shape index (κ3) is 3.86. The Kier molecular flexibility index (Phi) is 4.71. The first kappa shape index (κ1) is 16.3. The molecule has 2 amide bonds. The second-order valence-corrected chi connectivity index (χ2v) is 6.17. The highest BCUT2D eigenvalue weighted by Crippen LogP contribution is 2.24. The second-order valence-electron chi connectivity index (χ2n) is 6.17. The van der Waals surface area contributed by atoms with Crippen LogP contribution in [0.5, 0.6) is 0 Å². The van der Waals surface area contributed by atoms with Crippen molar-refractivity contribution in [2.45, 2.75) is 25.8 Å². The standard InChI is InChI=1S/C17H21N3O4/c1-11-10-24-15-3-2-13(8-14(11)15)19-17(23)18-12-4-6-20(7-5-12)9-16(21)22/h2-3,8,10,12H,4-7,9H2,1H3,(H,21,22)(H2,18,19,23). The molecule has 2 heterocycles. The van der Waals surface area contributed by atoms with E-state index in [9.17, 15) is 9.59 Å². The molecule has 1 aliphatic heterocycles. The lowest BCUT2D eigenvalue weighted by molar-refractivity contribution is -0.138. The summed E-state index contributed by atoms with van der Waals surface area (Å²) in [7, 11) is 0. The molecule has 7 nitrogen and oxygen atoms in total. The van der Waals surface area contributed by atoms with Crippen molar-refractivity contribution in [3.63, 3.8) is 0 Å². The Bertz CT molecular complexity index is 747. The van der Waals surface area contributed by atoms with Crippen molar-refractivity contribution in [1.82, 2.24) is 10.2 Å². The predicted octanol–water partition coefficient (Wildman–Crippen LogP) is 2.41. The normalized spacial score (nSPS) is 16.2. The van der Waals surface area contributed by atoms with E-state index in [0.29, 0.717) is 18.8 Å². The monoisotopic (exact) mass is 331 g/mol. The van der Waals surface area contributed by atoms with Gasteiger partial charge < -0.3 is 20.2 Å². The maximum absolute atomic E-state index is 12.1. The van der Waals surface area contributed by atoms with E-state index in [2.05, 4.69) is 10.6 Å². The average Bonchev–Trinajstić information content (AvgIpc) is 2.90. The molecular weight excluding hydrogens is 310 g/mol. The van der Waals surface area contributed by atoms with Gasteiger partial charge in [-0.05, 0) is 43.5 Å². The number of piperidine rings is 1. The van der Waals surface area contributed by atoms with Gasteiger partial charge in [0.1, 0.15) is 5.58 Å². The number of aliphatic carboxylic acids is 1. The van der Waals surface area contributed by atoms with Crippen LogP contribution in [-0.2, 0) is 4.79 Å². The van der Waals surface area contributed by atoms with Gasteiger partial charge in [-0.2, -0.15) is 0 Å². The quantitative estimate of drug-likeness (QED) is 0.800. The second kappa shape index (κ2) is 6.92. The van der Waals surface area contributed by atoms with Crippen molar-refractivity contribution in [2.24, 2.45) is 0 Å². The van der Waals surface area contributed by atoms with Crippen LogP contribution in [0.4, 0.5) is 10.5 Å². The maximum Gasteiger partial charge on any atom is 0.319 e. The molecule has 24 heavy (non-hydrogen) atoms. The first-order valence-corrected chi connectivity index (χ1v) is 8.01. The van der Waals surface area contributed by atoms with Crippen LogP contribution in [0.3, 0.4) is 0 Å². The number of nitrogens with zero attached hydrogens (tertiary/aromatic N) is 1. The van der Waals surface area contributed by atoms with Gasteiger partial charge in [-0.3, -0.25) is 9.69 Å². The fourth-order valence-electron chi connectivity index (χ4n) is 3.01. The summed E-state index contributed by atoms with van der Waals surface area (Å²) in [6, 6.07) is 5.35. The zero-order valence-electron chi connectivity index (χ0n) is 13.5. The first-order chi connectivity index (χ1) is 11.5. The van der Waals surface area contributed by atoms with Gasteiger partial charge in [-0.1, -0.05) is 0 Å². The number of hydrogen-bond acceptors (Lipinski definition) is 4. The molecule has 0 unspecified atom stereocenters. The Morgan fingerprint density at radius 3 is 2.79 bits per heavy atom. The van der Waals surface area contributed by atoms with Crippen LogP contribution in [0.2, 0.25) is 0 Å². The summed E-state index contributed by atoms with van der Waals surface area (Å²) in [6.07, 6.45) is 3.20.